The number of carbonyl (C=O) groups excluding carboxylic acids is 2. The molecule has 1 amide bonds. The van der Waals surface area contributed by atoms with Gasteiger partial charge in [0.25, 0.3) is 0 Å². The van der Waals surface area contributed by atoms with Crippen LogP contribution in [0.3, 0.4) is 0 Å². The number of amides is 1. The second kappa shape index (κ2) is 7.23. The van der Waals surface area contributed by atoms with Gasteiger partial charge in [-0.05, 0) is 39.7 Å². The predicted octanol–water partition coefficient (Wildman–Crippen LogP) is 2.32. The Labute approximate surface area is 142 Å². The molecule has 0 aliphatic carbocycles. The van der Waals surface area contributed by atoms with Crippen LogP contribution in [0.25, 0.3) is 0 Å². The lowest BCUT2D eigenvalue weighted by atomic mass is 9.82. The van der Waals surface area contributed by atoms with Gasteiger partial charge in [-0.25, -0.2) is 4.79 Å². The van der Waals surface area contributed by atoms with Crippen LogP contribution < -0.4 is 0 Å². The molecule has 2 heterocycles. The molecular formula is C17H27N3O4. The molecule has 1 fully saturated rings. The van der Waals surface area contributed by atoms with Gasteiger partial charge in [0.15, 0.2) is 0 Å². The molecule has 2 atom stereocenters. The highest BCUT2D eigenvalue weighted by atomic mass is 16.6. The average Bonchev–Trinajstić information content (AvgIpc) is 2.91. The average molecular weight is 337 g/mol. The van der Waals surface area contributed by atoms with Gasteiger partial charge in [-0.3, -0.25) is 9.48 Å². The molecule has 1 aromatic heterocycles. The number of hydrogen-bond acceptors (Lipinski definition) is 5. The first-order chi connectivity index (χ1) is 11.2. The van der Waals surface area contributed by atoms with Gasteiger partial charge in [-0.15, -0.1) is 0 Å². The normalized spacial score (nSPS) is 21.5. The molecule has 1 unspecified atom stereocenters. The zero-order chi connectivity index (χ0) is 17.9. The van der Waals surface area contributed by atoms with Crippen LogP contribution in [0.5, 0.6) is 0 Å². The first kappa shape index (κ1) is 18.3. The van der Waals surface area contributed by atoms with E-state index in [1.165, 1.54) is 0 Å². The van der Waals surface area contributed by atoms with Crippen LogP contribution in [0, 0.1) is 5.92 Å². The van der Waals surface area contributed by atoms with Crippen molar-refractivity contribution in [1.29, 1.82) is 0 Å². The second-order valence-electron chi connectivity index (χ2n) is 7.13. The Bertz CT molecular complexity index is 591. The Morgan fingerprint density at radius 1 is 1.38 bits per heavy atom. The van der Waals surface area contributed by atoms with Crippen molar-refractivity contribution in [2.75, 3.05) is 19.7 Å². The minimum Gasteiger partial charge on any atom is -0.466 e. The number of hydrogen-bond donors (Lipinski definition) is 0. The van der Waals surface area contributed by atoms with Crippen molar-refractivity contribution in [3.8, 4) is 0 Å². The lowest BCUT2D eigenvalue weighted by molar-refractivity contribution is -0.150. The zero-order valence-corrected chi connectivity index (χ0v) is 15.1. The Morgan fingerprint density at radius 2 is 2.08 bits per heavy atom. The van der Waals surface area contributed by atoms with Gasteiger partial charge < -0.3 is 14.4 Å². The topological polar surface area (TPSA) is 73.7 Å². The zero-order valence-electron chi connectivity index (χ0n) is 15.1. The smallest absolute Gasteiger partial charge is 0.410 e. The molecule has 1 aliphatic heterocycles. The van der Waals surface area contributed by atoms with Crippen molar-refractivity contribution in [3.05, 3.63) is 18.0 Å². The molecule has 0 aromatic carbocycles. The van der Waals surface area contributed by atoms with E-state index >= 15 is 0 Å². The van der Waals surface area contributed by atoms with E-state index in [1.807, 2.05) is 34.0 Å². The molecule has 134 valence electrons. The Morgan fingerprint density at radius 3 is 2.62 bits per heavy atom. The Kier molecular flexibility index (Phi) is 5.51. The number of aromatic nitrogens is 2. The highest BCUT2D eigenvalue weighted by Crippen LogP contribution is 2.34. The van der Waals surface area contributed by atoms with Gasteiger partial charge in [0.2, 0.25) is 0 Å². The second-order valence-corrected chi connectivity index (χ2v) is 7.13. The van der Waals surface area contributed by atoms with Crippen molar-refractivity contribution in [3.63, 3.8) is 0 Å². The SMILES string of the molecule is CCOC(=O)C1CCN(C(=O)OC(C)(C)C)C[C@H]1c1cnn(C)c1. The van der Waals surface area contributed by atoms with Crippen LogP contribution in [-0.2, 0) is 21.3 Å². The summed E-state index contributed by atoms with van der Waals surface area (Å²) in [6, 6.07) is 0. The fourth-order valence-corrected chi connectivity index (χ4v) is 2.95. The molecule has 1 aromatic rings. The van der Waals surface area contributed by atoms with Crippen LogP contribution in [0.15, 0.2) is 12.4 Å². The van der Waals surface area contributed by atoms with Gasteiger partial charge in [0, 0.05) is 32.3 Å². The number of likely N-dealkylation sites (tertiary alicyclic amines) is 1. The van der Waals surface area contributed by atoms with E-state index in [0.29, 0.717) is 26.1 Å². The van der Waals surface area contributed by atoms with Crippen molar-refractivity contribution in [2.24, 2.45) is 13.0 Å². The van der Waals surface area contributed by atoms with Crippen LogP contribution >= 0.6 is 0 Å². The summed E-state index contributed by atoms with van der Waals surface area (Å²) in [7, 11) is 1.83. The summed E-state index contributed by atoms with van der Waals surface area (Å²) in [6.45, 7) is 8.58. The summed E-state index contributed by atoms with van der Waals surface area (Å²) in [5.74, 6) is -0.623. The molecule has 1 saturated heterocycles. The van der Waals surface area contributed by atoms with Gasteiger partial charge in [-0.2, -0.15) is 5.10 Å². The van der Waals surface area contributed by atoms with Crippen LogP contribution in [0.4, 0.5) is 4.79 Å². The maximum atomic E-state index is 12.4. The minimum absolute atomic E-state index is 0.140. The number of aryl methyl sites for hydroxylation is 1. The molecule has 0 spiro atoms. The van der Waals surface area contributed by atoms with Crippen molar-refractivity contribution in [2.45, 2.75) is 45.6 Å². The minimum atomic E-state index is -0.543. The number of rotatable bonds is 3. The molecule has 0 bridgehead atoms. The fraction of sp³-hybridized carbons (Fsp3) is 0.706. The van der Waals surface area contributed by atoms with Crippen molar-refractivity contribution in [1.82, 2.24) is 14.7 Å². The largest absolute Gasteiger partial charge is 0.466 e. The van der Waals surface area contributed by atoms with E-state index in [4.69, 9.17) is 9.47 Å². The van der Waals surface area contributed by atoms with Gasteiger partial charge >= 0.3 is 12.1 Å². The summed E-state index contributed by atoms with van der Waals surface area (Å²) in [5, 5.41) is 4.19. The number of nitrogens with zero attached hydrogens (tertiary/aromatic N) is 3. The van der Waals surface area contributed by atoms with Crippen LogP contribution in [0.1, 0.15) is 45.6 Å². The fourth-order valence-electron chi connectivity index (χ4n) is 2.95. The number of ether oxygens (including phenoxy) is 2. The third kappa shape index (κ3) is 4.49. The van der Waals surface area contributed by atoms with Crippen LogP contribution in [0.2, 0.25) is 0 Å². The highest BCUT2D eigenvalue weighted by molar-refractivity contribution is 5.75. The standard InChI is InChI=1S/C17H27N3O4/c1-6-23-15(21)13-7-8-20(16(22)24-17(2,3)4)11-14(13)12-9-18-19(5)10-12/h9-10,13-14H,6-8,11H2,1-5H3/t13?,14-/m0/s1. The summed E-state index contributed by atoms with van der Waals surface area (Å²) in [5.41, 5.74) is 0.391. The Balaban J connectivity index is 2.18. The molecule has 1 aliphatic rings. The van der Waals surface area contributed by atoms with E-state index < -0.39 is 5.60 Å². The van der Waals surface area contributed by atoms with Crippen molar-refractivity contribution < 1.29 is 19.1 Å². The number of carbonyl (C=O) groups is 2. The van der Waals surface area contributed by atoms with Crippen LogP contribution in [-0.4, -0.2) is 52.0 Å². The van der Waals surface area contributed by atoms with E-state index in [0.717, 1.165) is 5.56 Å². The van der Waals surface area contributed by atoms with E-state index in [-0.39, 0.29) is 23.9 Å². The summed E-state index contributed by atoms with van der Waals surface area (Å²) in [6.07, 6.45) is 3.83. The van der Waals surface area contributed by atoms with E-state index in [2.05, 4.69) is 5.10 Å². The molecule has 2 rings (SSSR count). The third-order valence-corrected chi connectivity index (χ3v) is 4.01. The molecule has 7 heteroatoms. The van der Waals surface area contributed by atoms with Crippen molar-refractivity contribution >= 4 is 12.1 Å². The van der Waals surface area contributed by atoms with Gasteiger partial charge in [0.05, 0.1) is 18.7 Å². The lowest BCUT2D eigenvalue weighted by Crippen LogP contribution is -2.46. The summed E-state index contributed by atoms with van der Waals surface area (Å²) >= 11 is 0. The molecule has 0 saturated carbocycles. The lowest BCUT2D eigenvalue weighted by Gasteiger charge is -2.37. The molecule has 24 heavy (non-hydrogen) atoms. The molecular weight excluding hydrogens is 310 g/mol. The summed E-state index contributed by atoms with van der Waals surface area (Å²) < 4.78 is 12.4. The molecule has 7 nitrogen and oxygen atoms in total. The molecule has 0 N–H and O–H groups in total. The van der Waals surface area contributed by atoms with E-state index in [9.17, 15) is 9.59 Å². The molecule has 0 radical (unpaired) electrons. The maximum Gasteiger partial charge on any atom is 0.410 e. The monoisotopic (exact) mass is 337 g/mol. The third-order valence-electron chi connectivity index (χ3n) is 4.01. The van der Waals surface area contributed by atoms with E-state index in [1.54, 1.807) is 22.7 Å². The number of piperidine rings is 1. The summed E-state index contributed by atoms with van der Waals surface area (Å²) in [4.78, 5) is 26.3. The van der Waals surface area contributed by atoms with Gasteiger partial charge in [-0.1, -0.05) is 0 Å². The van der Waals surface area contributed by atoms with Gasteiger partial charge in [0.1, 0.15) is 5.60 Å². The highest BCUT2D eigenvalue weighted by Gasteiger charge is 2.39. The maximum absolute atomic E-state index is 12.4. The quantitative estimate of drug-likeness (QED) is 0.792. The Hall–Kier alpha value is -2.05. The number of esters is 1. The first-order valence-corrected chi connectivity index (χ1v) is 8.34. The predicted molar refractivity (Wildman–Crippen MR) is 88.5 cm³/mol. The first-order valence-electron chi connectivity index (χ1n) is 8.34.